The SMILES string of the molecule is CCNC1c2cc(Br)ccc2CSCC1C. The van der Waals surface area contributed by atoms with E-state index in [0.29, 0.717) is 12.0 Å². The average Bonchev–Trinajstić information content (AvgIpc) is 2.41. The van der Waals surface area contributed by atoms with E-state index in [9.17, 15) is 0 Å². The van der Waals surface area contributed by atoms with Gasteiger partial charge in [-0.2, -0.15) is 11.8 Å². The number of benzene rings is 1. The van der Waals surface area contributed by atoms with Crippen LogP contribution >= 0.6 is 27.7 Å². The summed E-state index contributed by atoms with van der Waals surface area (Å²) in [5.41, 5.74) is 2.97. The summed E-state index contributed by atoms with van der Waals surface area (Å²) in [5.74, 6) is 3.08. The molecule has 0 saturated carbocycles. The first-order valence-corrected chi connectivity index (χ1v) is 7.76. The Bertz CT molecular complexity index is 367. The van der Waals surface area contributed by atoms with Crippen molar-refractivity contribution in [3.8, 4) is 0 Å². The molecular weight excluding hydrogens is 282 g/mol. The minimum atomic E-state index is 0.507. The van der Waals surface area contributed by atoms with Crippen LogP contribution in [0.3, 0.4) is 0 Å². The molecule has 2 rings (SSSR count). The molecule has 88 valence electrons. The molecule has 1 aromatic rings. The second kappa shape index (κ2) is 5.56. The first kappa shape index (κ1) is 12.5. The Morgan fingerprint density at radius 1 is 1.50 bits per heavy atom. The van der Waals surface area contributed by atoms with Crippen molar-refractivity contribution in [3.05, 3.63) is 33.8 Å². The highest BCUT2D eigenvalue weighted by Gasteiger charge is 2.24. The van der Waals surface area contributed by atoms with Crippen molar-refractivity contribution in [2.45, 2.75) is 25.6 Å². The molecule has 0 saturated heterocycles. The highest BCUT2D eigenvalue weighted by molar-refractivity contribution is 9.10. The normalized spacial score (nSPS) is 24.9. The van der Waals surface area contributed by atoms with Gasteiger partial charge in [-0.3, -0.25) is 0 Å². The number of halogens is 1. The van der Waals surface area contributed by atoms with Gasteiger partial charge in [-0.15, -0.1) is 0 Å². The van der Waals surface area contributed by atoms with Gasteiger partial charge in [0.2, 0.25) is 0 Å². The summed E-state index contributed by atoms with van der Waals surface area (Å²) in [6.07, 6.45) is 0. The van der Waals surface area contributed by atoms with Crippen LogP contribution in [0.4, 0.5) is 0 Å². The largest absolute Gasteiger partial charge is 0.310 e. The van der Waals surface area contributed by atoms with Gasteiger partial charge < -0.3 is 5.32 Å². The predicted octanol–water partition coefficient (Wildman–Crippen LogP) is 3.98. The smallest absolute Gasteiger partial charge is 0.0357 e. The topological polar surface area (TPSA) is 12.0 Å². The van der Waals surface area contributed by atoms with E-state index >= 15 is 0 Å². The second-order valence-corrected chi connectivity index (χ2v) is 6.32. The van der Waals surface area contributed by atoms with Gasteiger partial charge in [-0.1, -0.05) is 35.8 Å². The molecule has 0 bridgehead atoms. The first-order valence-electron chi connectivity index (χ1n) is 5.81. The maximum atomic E-state index is 3.62. The third-order valence-electron chi connectivity index (χ3n) is 3.07. The molecule has 1 heterocycles. The Kier molecular flexibility index (Phi) is 4.34. The molecule has 3 heteroatoms. The molecule has 2 unspecified atom stereocenters. The zero-order valence-corrected chi connectivity index (χ0v) is 12.2. The Labute approximate surface area is 111 Å². The van der Waals surface area contributed by atoms with Crippen molar-refractivity contribution in [3.63, 3.8) is 0 Å². The van der Waals surface area contributed by atoms with Crippen LogP contribution in [0.5, 0.6) is 0 Å². The fraction of sp³-hybridized carbons (Fsp3) is 0.538. The number of hydrogen-bond donors (Lipinski definition) is 1. The van der Waals surface area contributed by atoms with Crippen molar-refractivity contribution in [2.75, 3.05) is 12.3 Å². The van der Waals surface area contributed by atoms with Gasteiger partial charge in [0.25, 0.3) is 0 Å². The summed E-state index contributed by atoms with van der Waals surface area (Å²) in [7, 11) is 0. The zero-order valence-electron chi connectivity index (χ0n) is 9.79. The van der Waals surface area contributed by atoms with Crippen LogP contribution in [0, 0.1) is 5.92 Å². The predicted molar refractivity (Wildman–Crippen MR) is 75.9 cm³/mol. The number of thioether (sulfide) groups is 1. The van der Waals surface area contributed by atoms with E-state index in [1.165, 1.54) is 21.4 Å². The summed E-state index contributed by atoms with van der Waals surface area (Å²) in [5, 5.41) is 3.62. The summed E-state index contributed by atoms with van der Waals surface area (Å²) in [4.78, 5) is 0. The molecule has 0 aliphatic carbocycles. The van der Waals surface area contributed by atoms with E-state index in [0.717, 1.165) is 12.3 Å². The molecule has 1 aliphatic rings. The molecule has 1 N–H and O–H groups in total. The van der Waals surface area contributed by atoms with Gasteiger partial charge in [0.15, 0.2) is 0 Å². The number of fused-ring (bicyclic) bond motifs is 1. The van der Waals surface area contributed by atoms with Gasteiger partial charge in [0, 0.05) is 16.3 Å². The standard InChI is InChI=1S/C13H18BrNS/c1-3-15-13-9(2)7-16-8-10-4-5-11(14)6-12(10)13/h4-6,9,13,15H,3,7-8H2,1-2H3. The summed E-state index contributed by atoms with van der Waals surface area (Å²) < 4.78 is 1.19. The molecular formula is C13H18BrNS. The Morgan fingerprint density at radius 2 is 2.31 bits per heavy atom. The van der Waals surface area contributed by atoms with Crippen LogP contribution in [-0.2, 0) is 5.75 Å². The van der Waals surface area contributed by atoms with Gasteiger partial charge in [-0.05, 0) is 41.5 Å². The van der Waals surface area contributed by atoms with Crippen molar-refractivity contribution in [1.29, 1.82) is 0 Å². The van der Waals surface area contributed by atoms with E-state index < -0.39 is 0 Å². The van der Waals surface area contributed by atoms with Crippen LogP contribution in [0.15, 0.2) is 22.7 Å². The molecule has 1 aromatic carbocycles. The lowest BCUT2D eigenvalue weighted by Crippen LogP contribution is -2.27. The minimum absolute atomic E-state index is 0.507. The summed E-state index contributed by atoms with van der Waals surface area (Å²) >= 11 is 5.63. The van der Waals surface area contributed by atoms with Crippen molar-refractivity contribution in [2.24, 2.45) is 5.92 Å². The van der Waals surface area contributed by atoms with E-state index in [2.05, 4.69) is 53.3 Å². The lowest BCUT2D eigenvalue weighted by molar-refractivity contribution is 0.428. The molecule has 2 atom stereocenters. The Morgan fingerprint density at radius 3 is 3.06 bits per heavy atom. The van der Waals surface area contributed by atoms with Crippen LogP contribution in [0.25, 0.3) is 0 Å². The summed E-state index contributed by atoms with van der Waals surface area (Å²) in [6, 6.07) is 7.20. The van der Waals surface area contributed by atoms with Crippen LogP contribution in [-0.4, -0.2) is 12.3 Å². The van der Waals surface area contributed by atoms with Gasteiger partial charge >= 0.3 is 0 Å². The minimum Gasteiger partial charge on any atom is -0.310 e. The molecule has 16 heavy (non-hydrogen) atoms. The maximum absolute atomic E-state index is 3.62. The van der Waals surface area contributed by atoms with Crippen LogP contribution in [0.1, 0.15) is 31.0 Å². The van der Waals surface area contributed by atoms with E-state index in [1.54, 1.807) is 0 Å². The van der Waals surface area contributed by atoms with Gasteiger partial charge in [0.1, 0.15) is 0 Å². The van der Waals surface area contributed by atoms with Crippen LogP contribution < -0.4 is 5.32 Å². The third kappa shape index (κ3) is 2.63. The number of rotatable bonds is 2. The molecule has 0 spiro atoms. The fourth-order valence-electron chi connectivity index (χ4n) is 2.28. The highest BCUT2D eigenvalue weighted by atomic mass is 79.9. The second-order valence-electron chi connectivity index (χ2n) is 4.37. The van der Waals surface area contributed by atoms with Gasteiger partial charge in [-0.25, -0.2) is 0 Å². The lowest BCUT2D eigenvalue weighted by atomic mass is 9.93. The molecule has 1 aliphatic heterocycles. The molecule has 0 aromatic heterocycles. The monoisotopic (exact) mass is 299 g/mol. The van der Waals surface area contributed by atoms with E-state index in [-0.39, 0.29) is 0 Å². The van der Waals surface area contributed by atoms with E-state index in [1.807, 2.05) is 11.8 Å². The third-order valence-corrected chi connectivity index (χ3v) is 4.84. The first-order chi connectivity index (χ1) is 7.72. The quantitative estimate of drug-likeness (QED) is 0.886. The lowest BCUT2D eigenvalue weighted by Gasteiger charge is -2.24. The molecule has 0 radical (unpaired) electrons. The zero-order chi connectivity index (χ0) is 11.5. The van der Waals surface area contributed by atoms with E-state index in [4.69, 9.17) is 0 Å². The fourth-order valence-corrected chi connectivity index (χ4v) is 3.82. The molecule has 1 nitrogen and oxygen atoms in total. The highest BCUT2D eigenvalue weighted by Crippen LogP contribution is 2.35. The van der Waals surface area contributed by atoms with Gasteiger partial charge in [0.05, 0.1) is 0 Å². The van der Waals surface area contributed by atoms with Crippen molar-refractivity contribution in [1.82, 2.24) is 5.32 Å². The summed E-state index contributed by atoms with van der Waals surface area (Å²) in [6.45, 7) is 5.56. The van der Waals surface area contributed by atoms with Crippen molar-refractivity contribution >= 4 is 27.7 Å². The number of hydrogen-bond acceptors (Lipinski definition) is 2. The molecule has 0 fully saturated rings. The number of nitrogens with one attached hydrogen (secondary N) is 1. The van der Waals surface area contributed by atoms with Crippen LogP contribution in [0.2, 0.25) is 0 Å². The Balaban J connectivity index is 2.39. The Hall–Kier alpha value is 0.01000. The van der Waals surface area contributed by atoms with Crippen molar-refractivity contribution < 1.29 is 0 Å². The molecule has 0 amide bonds. The maximum Gasteiger partial charge on any atom is 0.0357 e. The average molecular weight is 300 g/mol.